The molecule has 6 rings (SSSR count). The Balaban J connectivity index is 0.869. The third-order valence-corrected chi connectivity index (χ3v) is 9.08. The quantitative estimate of drug-likeness (QED) is 0.203. The first-order chi connectivity index (χ1) is 24.2. The summed E-state index contributed by atoms with van der Waals surface area (Å²) < 4.78 is 49.3. The summed E-state index contributed by atoms with van der Waals surface area (Å²) in [6, 6.07) is 2.42. The monoisotopic (exact) mass is 720 g/mol. The van der Waals surface area contributed by atoms with E-state index in [1.807, 2.05) is 0 Å². The molecule has 2 N–H and O–H groups in total. The lowest BCUT2D eigenvalue weighted by Crippen LogP contribution is -2.37. The molecular formula is C33H44N4O14. The number of carbonyl (C=O) groups is 2. The number of unbranched alkanes of at least 4 members (excludes halogenated alkanes) is 4. The molecule has 4 aliphatic rings. The number of fused-ring (bicyclic) bond motifs is 2. The summed E-state index contributed by atoms with van der Waals surface area (Å²) in [5.74, 6) is -2.67. The molecule has 0 spiro atoms. The van der Waals surface area contributed by atoms with Crippen LogP contribution in [-0.2, 0) is 47.5 Å². The fourth-order valence-electron chi connectivity index (χ4n) is 6.85. The third-order valence-electron chi connectivity index (χ3n) is 9.08. The number of hydrogen-bond acceptors (Lipinski definition) is 14. The topological polar surface area (TPSA) is 218 Å². The molecule has 2 aromatic heterocycles. The van der Waals surface area contributed by atoms with Crippen LogP contribution in [0.3, 0.4) is 0 Å². The Morgan fingerprint density at radius 2 is 1.00 bits per heavy atom. The molecule has 8 atom stereocenters. The minimum absolute atomic E-state index is 0.0906. The first-order valence-corrected chi connectivity index (χ1v) is 17.2. The molecule has 4 aliphatic heterocycles. The van der Waals surface area contributed by atoms with Crippen molar-refractivity contribution >= 4 is 11.9 Å². The molecule has 0 amide bonds. The predicted molar refractivity (Wildman–Crippen MR) is 172 cm³/mol. The molecule has 0 radical (unpaired) electrons. The van der Waals surface area contributed by atoms with Gasteiger partial charge in [-0.3, -0.25) is 38.3 Å². The van der Waals surface area contributed by atoms with E-state index in [9.17, 15) is 28.8 Å². The van der Waals surface area contributed by atoms with E-state index in [2.05, 4.69) is 9.97 Å². The number of aromatic amines is 2. The lowest BCUT2D eigenvalue weighted by atomic mass is 10.1. The second-order valence-electron chi connectivity index (χ2n) is 13.9. The largest absolute Gasteiger partial charge is 0.463 e. The van der Waals surface area contributed by atoms with Gasteiger partial charge < -0.3 is 37.9 Å². The van der Waals surface area contributed by atoms with Gasteiger partial charge in [-0.2, -0.15) is 0 Å². The fraction of sp³-hybridized carbons (Fsp3) is 0.697. The van der Waals surface area contributed by atoms with Gasteiger partial charge in [0.05, 0.1) is 0 Å². The molecule has 51 heavy (non-hydrogen) atoms. The summed E-state index contributed by atoms with van der Waals surface area (Å²) in [6.07, 6.45) is 0.992. The number of ether oxygens (including phenoxy) is 8. The van der Waals surface area contributed by atoms with E-state index >= 15 is 0 Å². The maximum Gasteiger partial charge on any atom is 0.330 e. The zero-order chi connectivity index (χ0) is 36.5. The molecule has 6 heterocycles. The van der Waals surface area contributed by atoms with Gasteiger partial charge in [-0.05, 0) is 40.5 Å². The maximum atomic E-state index is 12.5. The summed E-state index contributed by atoms with van der Waals surface area (Å²) in [5.41, 5.74) is -2.37. The van der Waals surface area contributed by atoms with Crippen LogP contribution in [0, 0.1) is 0 Å². The Hall–Kier alpha value is -3.94. The molecule has 18 nitrogen and oxygen atoms in total. The Kier molecular flexibility index (Phi) is 10.8. The highest BCUT2D eigenvalue weighted by Crippen LogP contribution is 2.44. The number of carbonyl (C=O) groups excluding carboxylic acids is 2. The second-order valence-corrected chi connectivity index (χ2v) is 13.9. The Bertz CT molecular complexity index is 1680. The lowest BCUT2D eigenvalue weighted by Gasteiger charge is -2.24. The van der Waals surface area contributed by atoms with Crippen molar-refractivity contribution in [3.05, 3.63) is 66.2 Å². The summed E-state index contributed by atoms with van der Waals surface area (Å²) >= 11 is 0. The molecule has 0 aliphatic carbocycles. The van der Waals surface area contributed by atoms with Crippen molar-refractivity contribution in [2.75, 3.05) is 13.2 Å². The Morgan fingerprint density at radius 3 is 1.39 bits per heavy atom. The molecule has 280 valence electrons. The number of aromatic nitrogens is 4. The van der Waals surface area contributed by atoms with Crippen LogP contribution in [-0.4, -0.2) is 92.5 Å². The van der Waals surface area contributed by atoms with Gasteiger partial charge in [0.1, 0.15) is 49.8 Å². The molecular weight excluding hydrogens is 676 g/mol. The van der Waals surface area contributed by atoms with Gasteiger partial charge >= 0.3 is 23.3 Å². The molecule has 4 fully saturated rings. The van der Waals surface area contributed by atoms with Crippen LogP contribution in [0.5, 0.6) is 0 Å². The van der Waals surface area contributed by atoms with E-state index in [1.54, 1.807) is 27.7 Å². The predicted octanol–water partition coefficient (Wildman–Crippen LogP) is 0.739. The van der Waals surface area contributed by atoms with Crippen LogP contribution in [0.4, 0.5) is 0 Å². The van der Waals surface area contributed by atoms with E-state index in [0.717, 1.165) is 19.3 Å². The molecule has 4 saturated heterocycles. The van der Waals surface area contributed by atoms with Crippen LogP contribution >= 0.6 is 0 Å². The lowest BCUT2D eigenvalue weighted by molar-refractivity contribution is -0.203. The average molecular weight is 721 g/mol. The first-order valence-electron chi connectivity index (χ1n) is 17.2. The maximum absolute atomic E-state index is 12.5. The second kappa shape index (κ2) is 15.0. The van der Waals surface area contributed by atoms with E-state index in [-0.39, 0.29) is 26.1 Å². The van der Waals surface area contributed by atoms with Crippen molar-refractivity contribution in [1.29, 1.82) is 0 Å². The highest BCUT2D eigenvalue weighted by atomic mass is 16.8. The minimum Gasteiger partial charge on any atom is -0.463 e. The summed E-state index contributed by atoms with van der Waals surface area (Å²) in [7, 11) is 0. The number of H-pyrrole nitrogens is 2. The fourth-order valence-corrected chi connectivity index (χ4v) is 6.85. The Labute approximate surface area is 291 Å². The first kappa shape index (κ1) is 36.8. The highest BCUT2D eigenvalue weighted by Gasteiger charge is 2.57. The van der Waals surface area contributed by atoms with Crippen LogP contribution in [0.2, 0.25) is 0 Å². The molecule has 0 aromatic carbocycles. The number of esters is 2. The minimum atomic E-state index is -0.938. The number of nitrogens with zero attached hydrogens (tertiary/aromatic N) is 2. The number of hydrogen-bond donors (Lipinski definition) is 2. The van der Waals surface area contributed by atoms with Crippen molar-refractivity contribution < 1.29 is 47.5 Å². The summed E-state index contributed by atoms with van der Waals surface area (Å²) in [4.78, 5) is 77.2. The van der Waals surface area contributed by atoms with Crippen molar-refractivity contribution in [2.45, 2.75) is 133 Å². The molecule has 8 unspecified atom stereocenters. The molecule has 0 saturated carbocycles. The third kappa shape index (κ3) is 8.58. The molecule has 0 bridgehead atoms. The van der Waals surface area contributed by atoms with Crippen molar-refractivity contribution in [2.24, 2.45) is 0 Å². The normalized spacial score (nSPS) is 30.2. The highest BCUT2D eigenvalue weighted by molar-refractivity contribution is 5.69. The van der Waals surface area contributed by atoms with Crippen LogP contribution < -0.4 is 22.5 Å². The van der Waals surface area contributed by atoms with Gasteiger partial charge in [-0.25, -0.2) is 9.59 Å². The smallest absolute Gasteiger partial charge is 0.330 e. The average Bonchev–Trinajstić information content (AvgIpc) is 3.75. The standard InChI is InChI=1S/C33H44N4O14/c1-32(2)48-24-18(46-28(26(24)50-32)36-14-12-20(38)34-30(36)42)16-44-22(40)10-8-6-5-7-9-11-23(41)45-17-19-25-27(51-33(3,4)49-25)29(47-19)37-15-13-21(39)35-31(37)43/h12-15,18-19,24-29H,5-11,16-17H2,1-4H3,(H,34,38,42)(H,35,39,43). The molecule has 18 heteroatoms. The number of rotatable bonds is 14. The SMILES string of the molecule is CC1(C)OC2C(COC(=O)CCCCCCCC(=O)OCC3OC(n4ccc(=O)[nH]c4=O)C4OC(C)(C)OC34)OC(n3ccc(=O)[nH]c3=O)C2O1. The zero-order valence-corrected chi connectivity index (χ0v) is 28.9. The van der Waals surface area contributed by atoms with Crippen LogP contribution in [0.25, 0.3) is 0 Å². The van der Waals surface area contributed by atoms with Crippen molar-refractivity contribution in [1.82, 2.24) is 19.1 Å². The summed E-state index contributed by atoms with van der Waals surface area (Å²) in [5, 5.41) is 0. The summed E-state index contributed by atoms with van der Waals surface area (Å²) in [6.45, 7) is 6.78. The van der Waals surface area contributed by atoms with Gasteiger partial charge in [0.15, 0.2) is 24.0 Å². The van der Waals surface area contributed by atoms with Gasteiger partial charge in [0.2, 0.25) is 0 Å². The van der Waals surface area contributed by atoms with E-state index in [0.29, 0.717) is 12.8 Å². The zero-order valence-electron chi connectivity index (χ0n) is 28.9. The van der Waals surface area contributed by atoms with Crippen molar-refractivity contribution in [3.63, 3.8) is 0 Å². The Morgan fingerprint density at radius 1 is 0.627 bits per heavy atom. The van der Waals surface area contributed by atoms with Gasteiger partial charge in [-0.1, -0.05) is 19.3 Å². The van der Waals surface area contributed by atoms with E-state index in [1.165, 1.54) is 33.7 Å². The number of nitrogens with one attached hydrogen (secondary N) is 2. The van der Waals surface area contributed by atoms with Crippen molar-refractivity contribution in [3.8, 4) is 0 Å². The van der Waals surface area contributed by atoms with Gasteiger partial charge in [0.25, 0.3) is 11.1 Å². The van der Waals surface area contributed by atoms with Crippen LogP contribution in [0.15, 0.2) is 43.7 Å². The van der Waals surface area contributed by atoms with Gasteiger partial charge in [0, 0.05) is 37.4 Å². The van der Waals surface area contributed by atoms with Gasteiger partial charge in [-0.15, -0.1) is 0 Å². The molecule has 2 aromatic rings. The van der Waals surface area contributed by atoms with E-state index < -0.39 is 95.1 Å². The van der Waals surface area contributed by atoms with Crippen LogP contribution in [0.1, 0.15) is 85.1 Å². The van der Waals surface area contributed by atoms with E-state index in [4.69, 9.17) is 37.9 Å².